The second-order valence-electron chi connectivity index (χ2n) is 5.24. The second-order valence-corrected chi connectivity index (χ2v) is 6.13. The highest BCUT2D eigenvalue weighted by Crippen LogP contribution is 2.37. The maximum absolute atomic E-state index is 10.9. The predicted octanol–water partition coefficient (Wildman–Crippen LogP) is 4.23. The first-order chi connectivity index (χ1) is 11.7. The number of benzene rings is 2. The molecule has 0 saturated carbocycles. The first kappa shape index (κ1) is 14.6. The van der Waals surface area contributed by atoms with E-state index in [2.05, 4.69) is 4.98 Å². The molecular weight excluding hydrogens is 328 g/mol. The number of nitro benzene ring substituents is 1. The largest absolute Gasteiger partial charge is 0.485 e. The molecule has 2 heterocycles. The van der Waals surface area contributed by atoms with Gasteiger partial charge in [-0.1, -0.05) is 24.3 Å². The molecule has 0 amide bonds. The van der Waals surface area contributed by atoms with Crippen molar-refractivity contribution in [1.29, 1.82) is 0 Å². The minimum Gasteiger partial charge on any atom is -0.485 e. The lowest BCUT2D eigenvalue weighted by molar-refractivity contribution is -0.384. The van der Waals surface area contributed by atoms with Gasteiger partial charge >= 0.3 is 0 Å². The number of rotatable bonds is 3. The Morgan fingerprint density at radius 2 is 2.00 bits per heavy atom. The summed E-state index contributed by atoms with van der Waals surface area (Å²) in [5.41, 5.74) is 1.46. The van der Waals surface area contributed by atoms with Gasteiger partial charge in [-0.05, 0) is 12.1 Å². The van der Waals surface area contributed by atoms with Crippen LogP contribution < -0.4 is 9.47 Å². The SMILES string of the molecule is O=[N+]([O-])c1cccc(-c2csc([C@@H]3COc4ccccc4O3)n2)c1. The Morgan fingerprint density at radius 3 is 2.83 bits per heavy atom. The number of ether oxygens (including phenoxy) is 2. The Labute approximate surface area is 141 Å². The minimum absolute atomic E-state index is 0.0493. The lowest BCUT2D eigenvalue weighted by Gasteiger charge is -2.24. The van der Waals surface area contributed by atoms with Crippen molar-refractivity contribution in [2.45, 2.75) is 6.10 Å². The maximum atomic E-state index is 10.9. The summed E-state index contributed by atoms with van der Waals surface area (Å²) < 4.78 is 11.7. The summed E-state index contributed by atoms with van der Waals surface area (Å²) in [6, 6.07) is 14.0. The molecule has 120 valence electrons. The molecule has 3 aromatic rings. The van der Waals surface area contributed by atoms with Gasteiger partial charge in [0.25, 0.3) is 5.69 Å². The van der Waals surface area contributed by atoms with E-state index in [1.54, 1.807) is 12.1 Å². The molecule has 1 aliphatic rings. The van der Waals surface area contributed by atoms with Crippen molar-refractivity contribution in [1.82, 2.24) is 4.98 Å². The van der Waals surface area contributed by atoms with Crippen LogP contribution in [0.3, 0.4) is 0 Å². The quantitative estimate of drug-likeness (QED) is 0.527. The topological polar surface area (TPSA) is 74.5 Å². The van der Waals surface area contributed by atoms with E-state index in [1.807, 2.05) is 29.6 Å². The smallest absolute Gasteiger partial charge is 0.270 e. The predicted molar refractivity (Wildman–Crippen MR) is 89.5 cm³/mol. The molecular formula is C17H12N2O4S. The number of aromatic nitrogens is 1. The van der Waals surface area contributed by atoms with Crippen LogP contribution in [-0.2, 0) is 0 Å². The Hall–Kier alpha value is -2.93. The van der Waals surface area contributed by atoms with E-state index < -0.39 is 4.92 Å². The molecule has 0 fully saturated rings. The van der Waals surface area contributed by atoms with E-state index in [1.165, 1.54) is 23.5 Å². The summed E-state index contributed by atoms with van der Waals surface area (Å²) in [6.45, 7) is 0.388. The van der Waals surface area contributed by atoms with Crippen molar-refractivity contribution < 1.29 is 14.4 Å². The first-order valence-corrected chi connectivity index (χ1v) is 8.17. The van der Waals surface area contributed by atoms with Gasteiger partial charge in [0.2, 0.25) is 0 Å². The van der Waals surface area contributed by atoms with Crippen molar-refractivity contribution in [2.24, 2.45) is 0 Å². The Kier molecular flexibility index (Phi) is 3.62. The zero-order valence-corrected chi connectivity index (χ0v) is 13.2. The Balaban J connectivity index is 1.60. The van der Waals surface area contributed by atoms with Gasteiger partial charge in [0, 0.05) is 23.1 Å². The number of nitrogens with zero attached hydrogens (tertiary/aromatic N) is 2. The molecule has 1 aromatic heterocycles. The van der Waals surface area contributed by atoms with Crippen LogP contribution in [0.1, 0.15) is 11.1 Å². The fourth-order valence-corrected chi connectivity index (χ4v) is 3.33. The van der Waals surface area contributed by atoms with Crippen LogP contribution >= 0.6 is 11.3 Å². The Bertz CT molecular complexity index is 909. The van der Waals surface area contributed by atoms with Crippen LogP contribution in [0.25, 0.3) is 11.3 Å². The van der Waals surface area contributed by atoms with Crippen LogP contribution in [0.4, 0.5) is 5.69 Å². The highest BCUT2D eigenvalue weighted by atomic mass is 32.1. The first-order valence-electron chi connectivity index (χ1n) is 7.29. The molecule has 1 atom stereocenters. The summed E-state index contributed by atoms with van der Waals surface area (Å²) in [5, 5.41) is 13.6. The molecule has 0 saturated heterocycles. The number of fused-ring (bicyclic) bond motifs is 1. The lowest BCUT2D eigenvalue weighted by atomic mass is 10.1. The van der Waals surface area contributed by atoms with Gasteiger partial charge in [0.15, 0.2) is 17.6 Å². The van der Waals surface area contributed by atoms with Crippen LogP contribution in [0.2, 0.25) is 0 Å². The van der Waals surface area contributed by atoms with Crippen molar-refractivity contribution in [3.05, 3.63) is 69.0 Å². The maximum Gasteiger partial charge on any atom is 0.270 e. The van der Waals surface area contributed by atoms with Gasteiger partial charge in [-0.2, -0.15) is 0 Å². The van der Waals surface area contributed by atoms with Crippen molar-refractivity contribution in [2.75, 3.05) is 6.61 Å². The molecule has 24 heavy (non-hydrogen) atoms. The highest BCUT2D eigenvalue weighted by molar-refractivity contribution is 7.10. The molecule has 7 heteroatoms. The van der Waals surface area contributed by atoms with Crippen molar-refractivity contribution >= 4 is 17.0 Å². The van der Waals surface area contributed by atoms with E-state index in [0.717, 1.165) is 10.8 Å². The third kappa shape index (κ3) is 2.69. The van der Waals surface area contributed by atoms with Crippen LogP contribution in [-0.4, -0.2) is 16.5 Å². The van der Waals surface area contributed by atoms with Gasteiger partial charge in [-0.3, -0.25) is 10.1 Å². The van der Waals surface area contributed by atoms with Crippen LogP contribution in [0.15, 0.2) is 53.9 Å². The number of thiazole rings is 1. The second kappa shape index (κ2) is 5.93. The zero-order valence-electron chi connectivity index (χ0n) is 12.4. The molecule has 6 nitrogen and oxygen atoms in total. The van der Waals surface area contributed by atoms with Gasteiger partial charge in [0.05, 0.1) is 10.6 Å². The zero-order chi connectivity index (χ0) is 16.5. The van der Waals surface area contributed by atoms with Gasteiger partial charge < -0.3 is 9.47 Å². The molecule has 0 N–H and O–H groups in total. The monoisotopic (exact) mass is 340 g/mol. The summed E-state index contributed by atoms with van der Waals surface area (Å²) in [7, 11) is 0. The molecule has 0 unspecified atom stereocenters. The van der Waals surface area contributed by atoms with Gasteiger partial charge in [0.1, 0.15) is 11.6 Å². The molecule has 2 aromatic carbocycles. The van der Waals surface area contributed by atoms with E-state index >= 15 is 0 Å². The molecule has 0 spiro atoms. The number of para-hydroxylation sites is 2. The summed E-state index contributed by atoms with van der Waals surface area (Å²) in [4.78, 5) is 15.1. The third-order valence-corrected chi connectivity index (χ3v) is 4.60. The number of non-ortho nitro benzene ring substituents is 1. The summed E-state index contributed by atoms with van der Waals surface area (Å²) in [6.07, 6.45) is -0.280. The molecule has 0 aliphatic carbocycles. The number of hydrogen-bond donors (Lipinski definition) is 0. The fraction of sp³-hybridized carbons (Fsp3) is 0.118. The molecule has 0 radical (unpaired) electrons. The van der Waals surface area contributed by atoms with Crippen molar-refractivity contribution in [3.8, 4) is 22.8 Å². The van der Waals surface area contributed by atoms with Crippen LogP contribution in [0.5, 0.6) is 11.5 Å². The third-order valence-electron chi connectivity index (χ3n) is 3.66. The molecule has 0 bridgehead atoms. The minimum atomic E-state index is -0.411. The lowest BCUT2D eigenvalue weighted by Crippen LogP contribution is -2.21. The summed E-state index contributed by atoms with van der Waals surface area (Å²) >= 11 is 1.45. The van der Waals surface area contributed by atoms with Gasteiger partial charge in [-0.25, -0.2) is 4.98 Å². The van der Waals surface area contributed by atoms with Crippen molar-refractivity contribution in [3.63, 3.8) is 0 Å². The van der Waals surface area contributed by atoms with E-state index in [9.17, 15) is 10.1 Å². The number of hydrogen-bond acceptors (Lipinski definition) is 6. The van der Waals surface area contributed by atoms with E-state index in [4.69, 9.17) is 9.47 Å². The molecule has 4 rings (SSSR count). The highest BCUT2D eigenvalue weighted by Gasteiger charge is 2.25. The van der Waals surface area contributed by atoms with Crippen LogP contribution in [0, 0.1) is 10.1 Å². The molecule has 1 aliphatic heterocycles. The Morgan fingerprint density at radius 1 is 1.17 bits per heavy atom. The summed E-state index contributed by atoms with van der Waals surface area (Å²) in [5.74, 6) is 1.42. The average molecular weight is 340 g/mol. The number of nitro groups is 1. The fourth-order valence-electron chi connectivity index (χ4n) is 2.49. The van der Waals surface area contributed by atoms with Gasteiger partial charge in [-0.15, -0.1) is 11.3 Å². The van der Waals surface area contributed by atoms with E-state index in [-0.39, 0.29) is 11.8 Å². The normalized spacial score (nSPS) is 15.9. The van der Waals surface area contributed by atoms with E-state index in [0.29, 0.717) is 23.6 Å². The standard InChI is InChI=1S/C17H12N2O4S/c20-19(21)12-5-3-4-11(8-12)13-10-24-17(18-13)16-9-22-14-6-1-2-7-15(14)23-16/h1-8,10,16H,9H2/t16-/m0/s1. The average Bonchev–Trinajstić information content (AvgIpc) is 3.11.